The molecular formula is C22H23N5O4S. The van der Waals surface area contributed by atoms with Crippen LogP contribution in [-0.2, 0) is 24.4 Å². The van der Waals surface area contributed by atoms with Gasteiger partial charge >= 0.3 is 5.97 Å². The highest BCUT2D eigenvalue weighted by atomic mass is 32.1. The van der Waals surface area contributed by atoms with Gasteiger partial charge in [-0.1, -0.05) is 24.3 Å². The van der Waals surface area contributed by atoms with E-state index in [1.165, 1.54) is 16.8 Å². The number of benzene rings is 2. The summed E-state index contributed by atoms with van der Waals surface area (Å²) in [4.78, 5) is 36.1. The minimum absolute atomic E-state index is 0.0707. The fraction of sp³-hybridized carbons (Fsp3) is 0.227. The third-order valence-corrected chi connectivity index (χ3v) is 5.23. The monoisotopic (exact) mass is 453 g/mol. The van der Waals surface area contributed by atoms with Crippen molar-refractivity contribution in [2.75, 3.05) is 5.32 Å². The molecule has 0 saturated carbocycles. The Morgan fingerprint density at radius 2 is 1.88 bits per heavy atom. The van der Waals surface area contributed by atoms with Crippen LogP contribution in [0.15, 0.2) is 48.5 Å². The number of aryl methyl sites for hydroxylation is 1. The zero-order valence-corrected chi connectivity index (χ0v) is 18.5. The molecule has 0 atom stereocenters. The number of carbonyl (C=O) groups excluding carboxylic acids is 2. The number of nitrogens with zero attached hydrogens (tertiary/aromatic N) is 3. The molecule has 10 heteroatoms. The lowest BCUT2D eigenvalue weighted by Crippen LogP contribution is -2.25. The van der Waals surface area contributed by atoms with Crippen molar-refractivity contribution in [1.82, 2.24) is 19.7 Å². The van der Waals surface area contributed by atoms with Gasteiger partial charge < -0.3 is 20.3 Å². The highest BCUT2D eigenvalue weighted by Gasteiger charge is 2.15. The van der Waals surface area contributed by atoms with Crippen molar-refractivity contribution in [3.05, 3.63) is 75.8 Å². The molecule has 0 spiro atoms. The summed E-state index contributed by atoms with van der Waals surface area (Å²) < 4.78 is 3.47. The van der Waals surface area contributed by atoms with Gasteiger partial charge in [-0.15, -0.1) is 0 Å². The van der Waals surface area contributed by atoms with Gasteiger partial charge in [-0.2, -0.15) is 5.10 Å². The third-order valence-electron chi connectivity index (χ3n) is 4.80. The molecule has 0 bridgehead atoms. The van der Waals surface area contributed by atoms with Gasteiger partial charge in [0.05, 0.1) is 12.1 Å². The van der Waals surface area contributed by atoms with E-state index in [9.17, 15) is 14.4 Å². The lowest BCUT2D eigenvalue weighted by molar-refractivity contribution is -0.116. The molecule has 0 fully saturated rings. The van der Waals surface area contributed by atoms with Crippen molar-refractivity contribution < 1.29 is 19.5 Å². The summed E-state index contributed by atoms with van der Waals surface area (Å²) in [6.45, 7) is 4.28. The first kappa shape index (κ1) is 22.9. The first-order valence-corrected chi connectivity index (χ1v) is 10.3. The minimum atomic E-state index is -1.08. The van der Waals surface area contributed by atoms with E-state index in [2.05, 4.69) is 15.7 Å². The molecule has 2 aromatic carbocycles. The zero-order valence-electron chi connectivity index (χ0n) is 17.7. The molecule has 166 valence electrons. The van der Waals surface area contributed by atoms with Crippen molar-refractivity contribution in [3.8, 4) is 0 Å². The standard InChI is InChI=1S/C22H23N5O4S/c1-3-26-18(12-23-20(29)17-10-5-4-7-14(17)2)25-27(22(26)32)13-19(28)24-16-9-6-8-15(11-16)21(30)31/h4-11H,3,12-13H2,1-2H3,(H,23,29)(H,24,28)(H,30,31). The molecule has 1 heterocycles. The number of nitrogens with one attached hydrogen (secondary N) is 2. The van der Waals surface area contributed by atoms with Crippen molar-refractivity contribution in [3.63, 3.8) is 0 Å². The Morgan fingerprint density at radius 1 is 1.12 bits per heavy atom. The molecule has 0 radical (unpaired) electrons. The Bertz CT molecular complexity index is 1230. The van der Waals surface area contributed by atoms with Crippen LogP contribution >= 0.6 is 12.2 Å². The molecule has 0 aliphatic heterocycles. The highest BCUT2D eigenvalue weighted by molar-refractivity contribution is 7.71. The smallest absolute Gasteiger partial charge is 0.335 e. The van der Waals surface area contributed by atoms with E-state index < -0.39 is 11.9 Å². The third kappa shape index (κ3) is 5.27. The second kappa shape index (κ2) is 10.0. The van der Waals surface area contributed by atoms with Gasteiger partial charge in [0.25, 0.3) is 5.91 Å². The van der Waals surface area contributed by atoms with Gasteiger partial charge in [-0.25, -0.2) is 9.48 Å². The first-order chi connectivity index (χ1) is 15.3. The number of hydrogen-bond acceptors (Lipinski definition) is 5. The molecule has 32 heavy (non-hydrogen) atoms. The van der Waals surface area contributed by atoms with Gasteiger partial charge in [0.2, 0.25) is 5.91 Å². The van der Waals surface area contributed by atoms with E-state index in [4.69, 9.17) is 17.3 Å². The summed E-state index contributed by atoms with van der Waals surface area (Å²) in [5.74, 6) is -1.18. The van der Waals surface area contributed by atoms with Crippen LogP contribution in [0.1, 0.15) is 39.0 Å². The minimum Gasteiger partial charge on any atom is -0.478 e. The molecule has 1 aromatic heterocycles. The van der Waals surface area contributed by atoms with Gasteiger partial charge in [-0.05, 0) is 55.9 Å². The van der Waals surface area contributed by atoms with E-state index in [0.29, 0.717) is 28.4 Å². The largest absolute Gasteiger partial charge is 0.478 e. The number of amides is 2. The van der Waals surface area contributed by atoms with Gasteiger partial charge in [0, 0.05) is 17.8 Å². The van der Waals surface area contributed by atoms with E-state index in [1.54, 1.807) is 28.8 Å². The van der Waals surface area contributed by atoms with Gasteiger partial charge in [-0.3, -0.25) is 9.59 Å². The zero-order chi connectivity index (χ0) is 23.3. The maximum atomic E-state index is 12.5. The first-order valence-electron chi connectivity index (χ1n) is 9.93. The SMILES string of the molecule is CCn1c(CNC(=O)c2ccccc2C)nn(CC(=O)Nc2cccc(C(=O)O)c2)c1=S. The Hall–Kier alpha value is -3.79. The Labute approximate surface area is 189 Å². The van der Waals surface area contributed by atoms with Crippen molar-refractivity contribution in [2.45, 2.75) is 33.5 Å². The van der Waals surface area contributed by atoms with Crippen LogP contribution in [0.4, 0.5) is 5.69 Å². The van der Waals surface area contributed by atoms with Crippen LogP contribution in [0.5, 0.6) is 0 Å². The molecule has 0 aliphatic carbocycles. The summed E-state index contributed by atoms with van der Waals surface area (Å²) in [5.41, 5.74) is 1.88. The predicted molar refractivity (Wildman–Crippen MR) is 121 cm³/mol. The predicted octanol–water partition coefficient (Wildman–Crippen LogP) is 3.01. The average Bonchev–Trinajstić information content (AvgIpc) is 3.06. The molecule has 0 aliphatic rings. The van der Waals surface area contributed by atoms with Crippen LogP contribution in [-0.4, -0.2) is 37.2 Å². The summed E-state index contributed by atoms with van der Waals surface area (Å²) in [7, 11) is 0. The van der Waals surface area contributed by atoms with E-state index in [1.807, 2.05) is 26.0 Å². The number of aromatic carboxylic acids is 1. The van der Waals surface area contributed by atoms with Crippen LogP contribution < -0.4 is 10.6 Å². The Morgan fingerprint density at radius 3 is 2.56 bits per heavy atom. The molecular weight excluding hydrogens is 430 g/mol. The summed E-state index contributed by atoms with van der Waals surface area (Å²) in [6.07, 6.45) is 0. The second-order valence-electron chi connectivity index (χ2n) is 7.03. The van der Waals surface area contributed by atoms with Crippen LogP contribution in [0.2, 0.25) is 0 Å². The normalized spacial score (nSPS) is 10.6. The van der Waals surface area contributed by atoms with Crippen LogP contribution in [0.3, 0.4) is 0 Å². The number of aromatic nitrogens is 3. The molecule has 9 nitrogen and oxygen atoms in total. The molecule has 0 unspecified atom stereocenters. The number of carbonyl (C=O) groups is 3. The van der Waals surface area contributed by atoms with Crippen molar-refractivity contribution >= 4 is 35.7 Å². The lowest BCUT2D eigenvalue weighted by Gasteiger charge is -2.07. The molecule has 2 amide bonds. The highest BCUT2D eigenvalue weighted by Crippen LogP contribution is 2.11. The maximum absolute atomic E-state index is 12.5. The number of hydrogen-bond donors (Lipinski definition) is 3. The summed E-state index contributed by atoms with van der Waals surface area (Å²) in [6, 6.07) is 13.2. The van der Waals surface area contributed by atoms with Gasteiger partial charge in [0.1, 0.15) is 6.54 Å². The van der Waals surface area contributed by atoms with E-state index in [0.717, 1.165) is 5.56 Å². The Balaban J connectivity index is 1.71. The average molecular weight is 454 g/mol. The number of carboxylic acids is 1. The van der Waals surface area contributed by atoms with E-state index >= 15 is 0 Å². The van der Waals surface area contributed by atoms with Crippen molar-refractivity contribution in [2.24, 2.45) is 0 Å². The topological polar surface area (TPSA) is 118 Å². The molecule has 3 aromatic rings. The number of rotatable bonds is 8. The lowest BCUT2D eigenvalue weighted by atomic mass is 10.1. The number of anilines is 1. The summed E-state index contributed by atoms with van der Waals surface area (Å²) in [5, 5.41) is 19.0. The fourth-order valence-electron chi connectivity index (χ4n) is 3.19. The second-order valence-corrected chi connectivity index (χ2v) is 7.40. The summed E-state index contributed by atoms with van der Waals surface area (Å²) >= 11 is 5.44. The quantitative estimate of drug-likeness (QED) is 0.451. The van der Waals surface area contributed by atoms with Crippen LogP contribution in [0, 0.1) is 11.7 Å². The molecule has 3 rings (SSSR count). The fourth-order valence-corrected chi connectivity index (χ4v) is 3.53. The Kier molecular flexibility index (Phi) is 7.16. The van der Waals surface area contributed by atoms with E-state index in [-0.39, 0.29) is 24.6 Å². The van der Waals surface area contributed by atoms with Gasteiger partial charge in [0.15, 0.2) is 10.6 Å². The maximum Gasteiger partial charge on any atom is 0.335 e. The van der Waals surface area contributed by atoms with Crippen molar-refractivity contribution in [1.29, 1.82) is 0 Å². The molecule has 0 saturated heterocycles. The molecule has 3 N–H and O–H groups in total. The number of carboxylic acid groups (broad SMARTS) is 1. The van der Waals surface area contributed by atoms with Crippen LogP contribution in [0.25, 0.3) is 0 Å².